The second kappa shape index (κ2) is 10.2. The van der Waals surface area contributed by atoms with E-state index in [1.54, 1.807) is 24.0 Å². The van der Waals surface area contributed by atoms with Gasteiger partial charge in [0, 0.05) is 26.2 Å². The van der Waals surface area contributed by atoms with Gasteiger partial charge in [-0.05, 0) is 75.1 Å². The van der Waals surface area contributed by atoms with Gasteiger partial charge in [-0.3, -0.25) is 4.90 Å². The molecule has 0 fully saturated rings. The molecule has 0 aliphatic carbocycles. The monoisotopic (exact) mass is 620 g/mol. The summed E-state index contributed by atoms with van der Waals surface area (Å²) in [7, 11) is 0. The van der Waals surface area contributed by atoms with Crippen molar-refractivity contribution in [3.63, 3.8) is 0 Å². The first-order valence-electron chi connectivity index (χ1n) is 15.5. The lowest BCUT2D eigenvalue weighted by atomic mass is 9.95. The lowest BCUT2D eigenvalue weighted by Gasteiger charge is -2.23. The molecule has 0 saturated carbocycles. The summed E-state index contributed by atoms with van der Waals surface area (Å²) in [5, 5.41) is 9.55. The Morgan fingerprint density at radius 3 is 2.28 bits per heavy atom. The molecule has 0 atom stereocenters. The smallest absolute Gasteiger partial charge is 0.237 e. The predicted molar refractivity (Wildman–Crippen MR) is 195 cm³/mol. The summed E-state index contributed by atoms with van der Waals surface area (Å²) in [4.78, 5) is 15.5. The van der Waals surface area contributed by atoms with Gasteiger partial charge in [0.25, 0.3) is 0 Å². The highest BCUT2D eigenvalue weighted by Crippen LogP contribution is 2.45. The number of fused-ring (bicyclic) bond motifs is 9. The van der Waals surface area contributed by atoms with Gasteiger partial charge in [0.2, 0.25) is 5.95 Å². The van der Waals surface area contributed by atoms with Crippen LogP contribution < -0.4 is 4.90 Å². The Morgan fingerprint density at radius 1 is 0.553 bits per heavy atom. The SMILES string of the molecule is c1ccc2c(c1)ccc1cc(-c3cccc4oc5ccc(N(c6ncncn6)c6cccc7c6sc6ccccc67)cc5c34)ccc12. The van der Waals surface area contributed by atoms with Gasteiger partial charge in [-0.15, -0.1) is 11.3 Å². The van der Waals surface area contributed by atoms with Crippen LogP contribution in [0.15, 0.2) is 151 Å². The second-order valence-electron chi connectivity index (χ2n) is 11.7. The van der Waals surface area contributed by atoms with E-state index in [9.17, 15) is 0 Å². The van der Waals surface area contributed by atoms with Crippen LogP contribution in [0, 0.1) is 0 Å². The quantitative estimate of drug-likeness (QED) is 0.183. The van der Waals surface area contributed by atoms with Gasteiger partial charge in [-0.25, -0.2) is 15.0 Å². The molecule has 0 saturated heterocycles. The summed E-state index contributed by atoms with van der Waals surface area (Å²) in [6.45, 7) is 0. The summed E-state index contributed by atoms with van der Waals surface area (Å²) < 4.78 is 8.88. The molecule has 0 aliphatic rings. The van der Waals surface area contributed by atoms with E-state index < -0.39 is 0 Å². The molecule has 3 heterocycles. The molecule has 0 N–H and O–H groups in total. The molecule has 10 aromatic rings. The fourth-order valence-corrected chi connectivity index (χ4v) is 8.20. The maximum atomic E-state index is 6.46. The van der Waals surface area contributed by atoms with Crippen molar-refractivity contribution in [1.29, 1.82) is 0 Å². The van der Waals surface area contributed by atoms with Crippen LogP contribution in [0.2, 0.25) is 0 Å². The Labute approximate surface area is 273 Å². The second-order valence-corrected chi connectivity index (χ2v) is 12.8. The molecule has 0 aliphatic heterocycles. The van der Waals surface area contributed by atoms with Crippen molar-refractivity contribution in [2.75, 3.05) is 4.90 Å². The molecule has 220 valence electrons. The summed E-state index contributed by atoms with van der Waals surface area (Å²) in [6.07, 6.45) is 3.10. The van der Waals surface area contributed by atoms with Crippen molar-refractivity contribution in [2.45, 2.75) is 0 Å². The third-order valence-electron chi connectivity index (χ3n) is 9.10. The third-order valence-corrected chi connectivity index (χ3v) is 10.3. The van der Waals surface area contributed by atoms with Crippen LogP contribution >= 0.6 is 11.3 Å². The van der Waals surface area contributed by atoms with E-state index in [4.69, 9.17) is 4.42 Å². The molecular weight excluding hydrogens is 597 g/mol. The number of rotatable bonds is 4. The number of benzene rings is 7. The molecular formula is C41H24N4OS. The highest BCUT2D eigenvalue weighted by Gasteiger charge is 2.22. The van der Waals surface area contributed by atoms with Gasteiger partial charge in [-0.1, -0.05) is 91.0 Å². The topological polar surface area (TPSA) is 55.1 Å². The van der Waals surface area contributed by atoms with Crippen molar-refractivity contribution in [2.24, 2.45) is 0 Å². The van der Waals surface area contributed by atoms with E-state index in [0.717, 1.165) is 44.4 Å². The molecule has 10 rings (SSSR count). The van der Waals surface area contributed by atoms with Gasteiger partial charge < -0.3 is 4.42 Å². The van der Waals surface area contributed by atoms with Gasteiger partial charge >= 0.3 is 0 Å². The Bertz CT molecular complexity index is 2820. The molecule has 3 aromatic heterocycles. The Balaban J connectivity index is 1.20. The lowest BCUT2D eigenvalue weighted by molar-refractivity contribution is 0.669. The lowest BCUT2D eigenvalue weighted by Crippen LogP contribution is -2.13. The van der Waals surface area contributed by atoms with Crippen molar-refractivity contribution < 1.29 is 4.42 Å². The molecule has 0 amide bonds. The third kappa shape index (κ3) is 4.05. The minimum Gasteiger partial charge on any atom is -0.456 e. The van der Waals surface area contributed by atoms with Gasteiger partial charge in [0.1, 0.15) is 23.8 Å². The summed E-state index contributed by atoms with van der Waals surface area (Å²) in [5.74, 6) is 0.555. The first kappa shape index (κ1) is 26.1. The predicted octanol–water partition coefficient (Wildman–Crippen LogP) is 11.6. The van der Waals surface area contributed by atoms with Crippen LogP contribution in [0.1, 0.15) is 0 Å². The molecule has 0 unspecified atom stereocenters. The van der Waals surface area contributed by atoms with Crippen molar-refractivity contribution in [1.82, 2.24) is 15.0 Å². The normalized spacial score (nSPS) is 11.8. The Morgan fingerprint density at radius 2 is 1.34 bits per heavy atom. The number of nitrogens with zero attached hydrogens (tertiary/aromatic N) is 4. The van der Waals surface area contributed by atoms with E-state index in [1.165, 1.54) is 41.7 Å². The van der Waals surface area contributed by atoms with E-state index >= 15 is 0 Å². The number of hydrogen-bond acceptors (Lipinski definition) is 6. The molecule has 6 heteroatoms. The van der Waals surface area contributed by atoms with Crippen molar-refractivity contribution >= 4 is 92.3 Å². The number of furan rings is 1. The first-order chi connectivity index (χ1) is 23.3. The molecule has 0 radical (unpaired) electrons. The standard InChI is InChI=1S/C41H24N4OS/c1-2-8-29-25(7-1)15-16-26-21-27(17-19-30(26)29)31-10-6-13-37-39(31)34-22-28(18-20-36(34)46-37)45(41-43-23-42-24-44-41)35-12-5-11-33-32-9-3-4-14-38(32)47-40(33)35/h1-24H. The highest BCUT2D eigenvalue weighted by atomic mass is 32.1. The molecule has 7 aromatic carbocycles. The first-order valence-corrected chi connectivity index (χ1v) is 16.3. The Kier molecular flexibility index (Phi) is 5.68. The van der Waals surface area contributed by atoms with Crippen LogP contribution in [0.4, 0.5) is 17.3 Å². The van der Waals surface area contributed by atoms with E-state index in [-0.39, 0.29) is 0 Å². The number of anilines is 3. The van der Waals surface area contributed by atoms with Gasteiger partial charge in [0.05, 0.1) is 16.1 Å². The number of thiophene rings is 1. The van der Waals surface area contributed by atoms with Crippen LogP contribution in [0.25, 0.3) is 74.8 Å². The van der Waals surface area contributed by atoms with Crippen LogP contribution in [0.3, 0.4) is 0 Å². The maximum Gasteiger partial charge on any atom is 0.237 e. The Hall–Kier alpha value is -6.11. The highest BCUT2D eigenvalue weighted by molar-refractivity contribution is 7.26. The molecule has 0 spiro atoms. The minimum absolute atomic E-state index is 0.555. The zero-order valence-corrected chi connectivity index (χ0v) is 25.8. The van der Waals surface area contributed by atoms with Gasteiger partial charge in [0.15, 0.2) is 0 Å². The fourth-order valence-electron chi connectivity index (χ4n) is 6.99. The van der Waals surface area contributed by atoms with Gasteiger partial charge in [-0.2, -0.15) is 0 Å². The van der Waals surface area contributed by atoms with E-state index in [2.05, 4.69) is 153 Å². The summed E-state index contributed by atoms with van der Waals surface area (Å²) >= 11 is 1.78. The van der Waals surface area contributed by atoms with E-state index in [0.29, 0.717) is 5.95 Å². The largest absolute Gasteiger partial charge is 0.456 e. The zero-order chi connectivity index (χ0) is 30.9. The van der Waals surface area contributed by atoms with Crippen LogP contribution in [0.5, 0.6) is 0 Å². The van der Waals surface area contributed by atoms with Crippen molar-refractivity contribution in [3.05, 3.63) is 146 Å². The number of aromatic nitrogens is 3. The molecule has 47 heavy (non-hydrogen) atoms. The number of hydrogen-bond donors (Lipinski definition) is 0. The maximum absolute atomic E-state index is 6.46. The average molecular weight is 621 g/mol. The van der Waals surface area contributed by atoms with E-state index in [1.807, 2.05) is 0 Å². The average Bonchev–Trinajstić information content (AvgIpc) is 3.71. The molecule has 5 nitrogen and oxygen atoms in total. The van der Waals surface area contributed by atoms with Crippen molar-refractivity contribution in [3.8, 4) is 11.1 Å². The van der Waals surface area contributed by atoms with Crippen LogP contribution in [-0.4, -0.2) is 15.0 Å². The summed E-state index contributed by atoms with van der Waals surface area (Å²) in [6, 6.07) is 47.4. The van der Waals surface area contributed by atoms with Crippen LogP contribution in [-0.2, 0) is 0 Å². The molecule has 0 bridgehead atoms. The summed E-state index contributed by atoms with van der Waals surface area (Å²) in [5.41, 5.74) is 5.92. The minimum atomic E-state index is 0.555. The fraction of sp³-hybridized carbons (Fsp3) is 0. The zero-order valence-electron chi connectivity index (χ0n) is 25.0.